The van der Waals surface area contributed by atoms with Crippen LogP contribution in [0.4, 0.5) is 0 Å². The topological polar surface area (TPSA) is 0 Å². The van der Waals surface area contributed by atoms with Crippen LogP contribution in [0.15, 0.2) is 73.3 Å². The first-order chi connectivity index (χ1) is 10.2. The highest BCUT2D eigenvalue weighted by molar-refractivity contribution is 6.93. The van der Waals surface area contributed by atoms with Gasteiger partial charge in [0.1, 0.15) is 0 Å². The molecule has 0 aliphatic heterocycles. The summed E-state index contributed by atoms with van der Waals surface area (Å²) in [5.41, 5.74) is 8.94. The highest BCUT2D eigenvalue weighted by Gasteiger charge is 2.20. The van der Waals surface area contributed by atoms with Gasteiger partial charge in [-0.1, -0.05) is 54.3 Å². The zero-order valence-electron chi connectivity index (χ0n) is 12.3. The lowest BCUT2D eigenvalue weighted by Crippen LogP contribution is -2.25. The number of hydrogen-bond acceptors (Lipinski definition) is 0. The summed E-state index contributed by atoms with van der Waals surface area (Å²) < 4.78 is 0. The summed E-state index contributed by atoms with van der Waals surface area (Å²) in [4.78, 5) is 0. The minimum atomic E-state index is -1.96. The van der Waals surface area contributed by atoms with Gasteiger partial charge in [0.2, 0.25) is 8.07 Å². The van der Waals surface area contributed by atoms with Gasteiger partial charge >= 0.3 is 0 Å². The molecule has 0 atom stereocenters. The van der Waals surface area contributed by atoms with Crippen LogP contribution >= 0.6 is 0 Å². The fourth-order valence-electron chi connectivity index (χ4n) is 1.89. The fraction of sp³-hybridized carbons (Fsp3) is 0.100. The van der Waals surface area contributed by atoms with Gasteiger partial charge in [-0.05, 0) is 36.9 Å². The van der Waals surface area contributed by atoms with Gasteiger partial charge < -0.3 is 0 Å². The van der Waals surface area contributed by atoms with Crippen LogP contribution in [0.2, 0.25) is 12.6 Å². The number of benzene rings is 2. The smallest absolute Gasteiger partial charge is 0.110 e. The highest BCUT2D eigenvalue weighted by Crippen LogP contribution is 2.09. The SMILES string of the molecule is C=CC[Si](C)(C#Cc1ccccc1)C#Cc1ccccc1. The first-order valence-corrected chi connectivity index (χ1v) is 9.70. The van der Waals surface area contributed by atoms with Crippen molar-refractivity contribution in [2.24, 2.45) is 0 Å². The predicted octanol–water partition coefficient (Wildman–Crippen LogP) is 4.43. The Morgan fingerprint density at radius 2 is 1.29 bits per heavy atom. The van der Waals surface area contributed by atoms with E-state index in [2.05, 4.69) is 36.1 Å². The molecular formula is C20H18Si. The maximum atomic E-state index is 3.85. The summed E-state index contributed by atoms with van der Waals surface area (Å²) >= 11 is 0. The van der Waals surface area contributed by atoms with Crippen LogP contribution in [-0.4, -0.2) is 8.07 Å². The van der Waals surface area contributed by atoms with E-state index in [1.807, 2.05) is 66.7 Å². The molecule has 102 valence electrons. The highest BCUT2D eigenvalue weighted by atomic mass is 28.3. The Balaban J connectivity index is 2.27. The van der Waals surface area contributed by atoms with Crippen molar-refractivity contribution >= 4 is 8.07 Å². The second kappa shape index (κ2) is 7.34. The van der Waals surface area contributed by atoms with Crippen molar-refractivity contribution in [1.29, 1.82) is 0 Å². The van der Waals surface area contributed by atoms with E-state index in [1.165, 1.54) is 0 Å². The molecule has 0 spiro atoms. The van der Waals surface area contributed by atoms with Crippen LogP contribution in [-0.2, 0) is 0 Å². The van der Waals surface area contributed by atoms with Crippen LogP contribution in [0.3, 0.4) is 0 Å². The van der Waals surface area contributed by atoms with E-state index in [9.17, 15) is 0 Å². The molecule has 0 saturated carbocycles. The second-order valence-electron chi connectivity index (χ2n) is 5.06. The van der Waals surface area contributed by atoms with Crippen LogP contribution in [0.5, 0.6) is 0 Å². The standard InChI is InChI=1S/C20H18Si/c1-3-16-21(2,17-14-19-10-6-4-7-11-19)18-15-20-12-8-5-9-13-20/h3-13H,1,16H2,2H3. The summed E-state index contributed by atoms with van der Waals surface area (Å²) in [5.74, 6) is 6.54. The lowest BCUT2D eigenvalue weighted by molar-refractivity contribution is 1.61. The zero-order valence-corrected chi connectivity index (χ0v) is 13.3. The molecule has 0 fully saturated rings. The molecule has 0 aliphatic carbocycles. The minimum absolute atomic E-state index is 0.882. The first-order valence-electron chi connectivity index (χ1n) is 6.99. The molecule has 0 amide bonds. The third-order valence-electron chi connectivity index (χ3n) is 3.07. The molecule has 0 radical (unpaired) electrons. The Morgan fingerprint density at radius 3 is 1.67 bits per heavy atom. The normalized spacial score (nSPS) is 9.76. The Labute approximate surface area is 128 Å². The van der Waals surface area contributed by atoms with Crippen molar-refractivity contribution in [1.82, 2.24) is 0 Å². The van der Waals surface area contributed by atoms with Gasteiger partial charge in [-0.25, -0.2) is 0 Å². The quantitative estimate of drug-likeness (QED) is 0.435. The summed E-state index contributed by atoms with van der Waals surface area (Å²) in [6, 6.07) is 21.0. The number of hydrogen-bond donors (Lipinski definition) is 0. The van der Waals surface area contributed by atoms with E-state index in [4.69, 9.17) is 0 Å². The Hall–Kier alpha value is -2.48. The summed E-state index contributed by atoms with van der Waals surface area (Å²) in [7, 11) is -1.96. The number of allylic oxidation sites excluding steroid dienone is 1. The molecule has 0 nitrogen and oxygen atoms in total. The number of rotatable bonds is 2. The molecule has 0 saturated heterocycles. The van der Waals surface area contributed by atoms with Crippen molar-refractivity contribution in [3.05, 3.63) is 84.4 Å². The summed E-state index contributed by atoms with van der Waals surface area (Å²) in [5, 5.41) is 0. The van der Waals surface area contributed by atoms with Crippen molar-refractivity contribution in [2.75, 3.05) is 0 Å². The van der Waals surface area contributed by atoms with Crippen LogP contribution < -0.4 is 0 Å². The summed E-state index contributed by atoms with van der Waals surface area (Å²) in [6.07, 6.45) is 1.94. The van der Waals surface area contributed by atoms with Crippen LogP contribution in [0.1, 0.15) is 11.1 Å². The second-order valence-corrected chi connectivity index (χ2v) is 8.63. The molecule has 0 bridgehead atoms. The van der Waals surface area contributed by atoms with E-state index in [1.54, 1.807) is 0 Å². The molecule has 0 N–H and O–H groups in total. The van der Waals surface area contributed by atoms with Gasteiger partial charge in [0.25, 0.3) is 0 Å². The summed E-state index contributed by atoms with van der Waals surface area (Å²) in [6.45, 7) is 6.05. The average molecular weight is 286 g/mol. The Bertz CT molecular complexity index is 649. The maximum absolute atomic E-state index is 3.85. The molecule has 2 rings (SSSR count). The third-order valence-corrected chi connectivity index (χ3v) is 5.52. The Kier molecular flexibility index (Phi) is 5.21. The van der Waals surface area contributed by atoms with Crippen molar-refractivity contribution < 1.29 is 0 Å². The Morgan fingerprint density at radius 1 is 0.857 bits per heavy atom. The van der Waals surface area contributed by atoms with E-state index in [0.29, 0.717) is 0 Å². The lowest BCUT2D eigenvalue weighted by atomic mass is 10.2. The van der Waals surface area contributed by atoms with Gasteiger partial charge in [0.15, 0.2) is 0 Å². The molecule has 0 aromatic heterocycles. The molecule has 0 aliphatic rings. The minimum Gasteiger partial charge on any atom is -0.110 e. The molecule has 1 heteroatoms. The maximum Gasteiger partial charge on any atom is 0.218 e. The van der Waals surface area contributed by atoms with Crippen LogP contribution in [0, 0.1) is 22.9 Å². The van der Waals surface area contributed by atoms with Crippen LogP contribution in [0.25, 0.3) is 0 Å². The lowest BCUT2D eigenvalue weighted by Gasteiger charge is -2.10. The first kappa shape index (κ1) is 14.9. The van der Waals surface area contributed by atoms with Crippen molar-refractivity contribution in [3.8, 4) is 22.9 Å². The van der Waals surface area contributed by atoms with Gasteiger partial charge in [-0.2, -0.15) is 0 Å². The van der Waals surface area contributed by atoms with E-state index in [0.717, 1.165) is 17.2 Å². The average Bonchev–Trinajstić information content (AvgIpc) is 2.54. The van der Waals surface area contributed by atoms with Gasteiger partial charge in [-0.3, -0.25) is 0 Å². The third kappa shape index (κ3) is 4.84. The van der Waals surface area contributed by atoms with E-state index >= 15 is 0 Å². The monoisotopic (exact) mass is 286 g/mol. The van der Waals surface area contributed by atoms with E-state index in [-0.39, 0.29) is 0 Å². The molecule has 2 aromatic carbocycles. The zero-order chi connectivity index (χ0) is 15.0. The molecule has 0 unspecified atom stereocenters. The predicted molar refractivity (Wildman–Crippen MR) is 93.3 cm³/mol. The molecule has 2 aromatic rings. The van der Waals surface area contributed by atoms with Gasteiger partial charge in [0, 0.05) is 11.1 Å². The molecule has 21 heavy (non-hydrogen) atoms. The molecule has 0 heterocycles. The van der Waals surface area contributed by atoms with Crippen molar-refractivity contribution in [3.63, 3.8) is 0 Å². The molecular weight excluding hydrogens is 268 g/mol. The largest absolute Gasteiger partial charge is 0.218 e. The fourth-order valence-corrected chi connectivity index (χ4v) is 3.57. The van der Waals surface area contributed by atoms with Gasteiger partial charge in [0.05, 0.1) is 0 Å². The van der Waals surface area contributed by atoms with Crippen molar-refractivity contribution in [2.45, 2.75) is 12.6 Å². The van der Waals surface area contributed by atoms with Gasteiger partial charge in [-0.15, -0.1) is 17.7 Å². The van der Waals surface area contributed by atoms with E-state index < -0.39 is 8.07 Å².